The molecule has 0 fully saturated rings. The highest BCUT2D eigenvalue weighted by Gasteiger charge is 2.26. The first kappa shape index (κ1) is 20.8. The van der Waals surface area contributed by atoms with Crippen molar-refractivity contribution in [2.24, 2.45) is 0 Å². The maximum Gasteiger partial charge on any atom is 0.338 e. The van der Waals surface area contributed by atoms with Crippen LogP contribution in [0.4, 0.5) is 22.0 Å². The Labute approximate surface area is 150 Å². The first-order valence-corrected chi connectivity index (χ1v) is 8.85. The molecule has 27 heavy (non-hydrogen) atoms. The van der Waals surface area contributed by atoms with Crippen molar-refractivity contribution in [2.45, 2.75) is 18.4 Å². The standard InChI is InChI=1S/C16H12F5NO4S/c1-2-22-27(24,25)9-5-3-4-8(6-9)16(23)26-7-10-11(17)13(19)15(21)14(20)12(10)18/h3-6,22H,2,7H2,1H3. The molecule has 0 aromatic heterocycles. The third kappa shape index (κ3) is 4.25. The Hall–Kier alpha value is -2.53. The van der Waals surface area contributed by atoms with Gasteiger partial charge in [0.05, 0.1) is 16.0 Å². The van der Waals surface area contributed by atoms with Gasteiger partial charge in [-0.05, 0) is 18.2 Å². The number of benzene rings is 2. The summed E-state index contributed by atoms with van der Waals surface area (Å²) in [5.41, 5.74) is -1.62. The molecular weight excluding hydrogens is 397 g/mol. The van der Waals surface area contributed by atoms with Crippen LogP contribution in [-0.2, 0) is 21.4 Å². The average molecular weight is 409 g/mol. The molecule has 0 bridgehead atoms. The van der Waals surface area contributed by atoms with Gasteiger partial charge in [0.25, 0.3) is 0 Å². The van der Waals surface area contributed by atoms with Crippen molar-refractivity contribution in [2.75, 3.05) is 6.54 Å². The van der Waals surface area contributed by atoms with Crippen LogP contribution in [0.1, 0.15) is 22.8 Å². The number of carbonyl (C=O) groups excluding carboxylic acids is 1. The van der Waals surface area contributed by atoms with Gasteiger partial charge in [-0.1, -0.05) is 13.0 Å². The minimum atomic E-state index is -3.88. The molecule has 0 atom stereocenters. The van der Waals surface area contributed by atoms with Gasteiger partial charge < -0.3 is 4.74 Å². The lowest BCUT2D eigenvalue weighted by atomic mass is 10.2. The average Bonchev–Trinajstić information content (AvgIpc) is 2.64. The van der Waals surface area contributed by atoms with E-state index in [1.54, 1.807) is 6.92 Å². The fourth-order valence-corrected chi connectivity index (χ4v) is 3.15. The van der Waals surface area contributed by atoms with E-state index in [1.807, 2.05) is 0 Å². The molecule has 2 aromatic rings. The molecule has 0 amide bonds. The minimum absolute atomic E-state index is 0.0945. The van der Waals surface area contributed by atoms with Crippen LogP contribution in [0.15, 0.2) is 29.2 Å². The molecule has 2 rings (SSSR count). The molecule has 1 N–H and O–H groups in total. The van der Waals surface area contributed by atoms with Gasteiger partial charge in [0, 0.05) is 6.54 Å². The summed E-state index contributed by atoms with van der Waals surface area (Å²) in [5, 5.41) is 0. The van der Waals surface area contributed by atoms with E-state index in [-0.39, 0.29) is 17.0 Å². The first-order chi connectivity index (χ1) is 12.6. The quantitative estimate of drug-likeness (QED) is 0.345. The van der Waals surface area contributed by atoms with E-state index in [0.717, 1.165) is 12.1 Å². The fraction of sp³-hybridized carbons (Fsp3) is 0.188. The molecule has 0 aliphatic heterocycles. The number of hydrogen-bond acceptors (Lipinski definition) is 4. The molecular formula is C16H12F5NO4S. The van der Waals surface area contributed by atoms with E-state index in [0.29, 0.717) is 0 Å². The highest BCUT2D eigenvalue weighted by molar-refractivity contribution is 7.89. The number of carbonyl (C=O) groups is 1. The minimum Gasteiger partial charge on any atom is -0.457 e. The second kappa shape index (κ2) is 8.01. The van der Waals surface area contributed by atoms with Crippen molar-refractivity contribution in [1.82, 2.24) is 4.72 Å². The zero-order chi connectivity index (χ0) is 20.4. The lowest BCUT2D eigenvalue weighted by molar-refractivity contribution is 0.0462. The van der Waals surface area contributed by atoms with E-state index in [4.69, 9.17) is 0 Å². The summed E-state index contributed by atoms with van der Waals surface area (Å²) >= 11 is 0. The molecule has 0 saturated carbocycles. The number of esters is 1. The Morgan fingerprint density at radius 3 is 2.11 bits per heavy atom. The maximum atomic E-state index is 13.6. The summed E-state index contributed by atoms with van der Waals surface area (Å²) < 4.78 is 96.9. The topological polar surface area (TPSA) is 72.5 Å². The summed E-state index contributed by atoms with van der Waals surface area (Å²) in [4.78, 5) is 11.7. The van der Waals surface area contributed by atoms with Gasteiger partial charge in [0.1, 0.15) is 6.61 Å². The van der Waals surface area contributed by atoms with Crippen molar-refractivity contribution in [3.8, 4) is 0 Å². The van der Waals surface area contributed by atoms with Crippen LogP contribution in [-0.4, -0.2) is 20.9 Å². The Morgan fingerprint density at radius 2 is 1.56 bits per heavy atom. The fourth-order valence-electron chi connectivity index (χ4n) is 2.06. The maximum absolute atomic E-state index is 13.6. The molecule has 0 aliphatic rings. The first-order valence-electron chi connectivity index (χ1n) is 7.37. The van der Waals surface area contributed by atoms with Crippen molar-refractivity contribution in [1.29, 1.82) is 0 Å². The second-order valence-corrected chi connectivity index (χ2v) is 6.92. The van der Waals surface area contributed by atoms with E-state index in [1.165, 1.54) is 12.1 Å². The van der Waals surface area contributed by atoms with E-state index >= 15 is 0 Å². The predicted molar refractivity (Wildman–Crippen MR) is 82.7 cm³/mol. The molecule has 11 heteroatoms. The summed E-state index contributed by atoms with van der Waals surface area (Å²) in [5.74, 6) is -12.1. The lowest BCUT2D eigenvalue weighted by Crippen LogP contribution is -2.23. The van der Waals surface area contributed by atoms with Crippen LogP contribution >= 0.6 is 0 Å². The molecule has 5 nitrogen and oxygen atoms in total. The largest absolute Gasteiger partial charge is 0.457 e. The second-order valence-electron chi connectivity index (χ2n) is 5.15. The number of rotatable bonds is 6. The lowest BCUT2D eigenvalue weighted by Gasteiger charge is -2.10. The predicted octanol–water partition coefficient (Wildman–Crippen LogP) is 3.04. The molecule has 0 heterocycles. The molecule has 0 unspecified atom stereocenters. The van der Waals surface area contributed by atoms with Gasteiger partial charge >= 0.3 is 5.97 Å². The van der Waals surface area contributed by atoms with Gasteiger partial charge in [-0.2, -0.15) is 0 Å². The third-order valence-electron chi connectivity index (χ3n) is 3.36. The van der Waals surface area contributed by atoms with E-state index in [9.17, 15) is 35.2 Å². The Balaban J connectivity index is 2.26. The zero-order valence-electron chi connectivity index (χ0n) is 13.7. The highest BCUT2D eigenvalue weighted by Crippen LogP contribution is 2.24. The van der Waals surface area contributed by atoms with Crippen molar-refractivity contribution < 1.29 is 39.9 Å². The molecule has 0 saturated heterocycles. The monoisotopic (exact) mass is 409 g/mol. The summed E-state index contributed by atoms with van der Waals surface area (Å²) in [7, 11) is -3.88. The molecule has 0 radical (unpaired) electrons. The zero-order valence-corrected chi connectivity index (χ0v) is 14.5. The summed E-state index contributed by atoms with van der Waals surface area (Å²) in [6, 6.07) is 4.52. The SMILES string of the molecule is CCNS(=O)(=O)c1cccc(C(=O)OCc2c(F)c(F)c(F)c(F)c2F)c1. The van der Waals surface area contributed by atoms with Crippen molar-refractivity contribution >= 4 is 16.0 Å². The summed E-state index contributed by atoms with van der Waals surface area (Å²) in [6.45, 7) is 0.395. The molecule has 0 aliphatic carbocycles. The Bertz CT molecular complexity index is 966. The smallest absolute Gasteiger partial charge is 0.338 e. The van der Waals surface area contributed by atoms with Gasteiger partial charge in [-0.3, -0.25) is 0 Å². The van der Waals surface area contributed by atoms with Gasteiger partial charge in [-0.25, -0.2) is 39.9 Å². The van der Waals surface area contributed by atoms with Crippen molar-refractivity contribution in [3.05, 3.63) is 64.5 Å². The van der Waals surface area contributed by atoms with Gasteiger partial charge in [-0.15, -0.1) is 0 Å². The third-order valence-corrected chi connectivity index (χ3v) is 4.91. The van der Waals surface area contributed by atoms with Gasteiger partial charge in [0.2, 0.25) is 15.8 Å². The normalized spacial score (nSPS) is 11.5. The number of halogens is 5. The molecule has 0 spiro atoms. The Kier molecular flexibility index (Phi) is 6.16. The molecule has 146 valence electrons. The number of hydrogen-bond donors (Lipinski definition) is 1. The van der Waals surface area contributed by atoms with Crippen LogP contribution in [0.2, 0.25) is 0 Å². The van der Waals surface area contributed by atoms with Crippen LogP contribution < -0.4 is 4.72 Å². The van der Waals surface area contributed by atoms with Gasteiger partial charge in [0.15, 0.2) is 23.3 Å². The summed E-state index contributed by atoms with van der Waals surface area (Å²) in [6.07, 6.45) is 0. The van der Waals surface area contributed by atoms with E-state index < -0.39 is 57.2 Å². The number of sulfonamides is 1. The number of nitrogens with one attached hydrogen (secondary N) is 1. The van der Waals surface area contributed by atoms with Crippen LogP contribution in [0.25, 0.3) is 0 Å². The van der Waals surface area contributed by atoms with E-state index in [2.05, 4.69) is 9.46 Å². The molecule has 2 aromatic carbocycles. The number of ether oxygens (including phenoxy) is 1. The van der Waals surface area contributed by atoms with Crippen molar-refractivity contribution in [3.63, 3.8) is 0 Å². The van der Waals surface area contributed by atoms with Crippen LogP contribution in [0.3, 0.4) is 0 Å². The Morgan fingerprint density at radius 1 is 1.00 bits per heavy atom. The highest BCUT2D eigenvalue weighted by atomic mass is 32.2. The van der Waals surface area contributed by atoms with Crippen LogP contribution in [0, 0.1) is 29.1 Å². The van der Waals surface area contributed by atoms with Crippen LogP contribution in [0.5, 0.6) is 0 Å².